The Bertz CT molecular complexity index is 582. The lowest BCUT2D eigenvalue weighted by molar-refractivity contribution is 0.865. The average Bonchev–Trinajstić information content (AvgIpc) is 2.69. The standard InChI is InChI=1S/C16H15Cl/c1-10(2)12-7-8-14-13-6-4-3-5-11(13)9-15(14)16(12)17/h3-8,10H,9H2,1-2H3. The topological polar surface area (TPSA) is 0 Å². The minimum absolute atomic E-state index is 0.483. The molecule has 0 amide bonds. The van der Waals surface area contributed by atoms with Gasteiger partial charge >= 0.3 is 0 Å². The van der Waals surface area contributed by atoms with E-state index in [2.05, 4.69) is 50.2 Å². The second-order valence-electron chi connectivity index (χ2n) is 4.98. The number of rotatable bonds is 1. The summed E-state index contributed by atoms with van der Waals surface area (Å²) in [5.41, 5.74) is 6.62. The molecule has 0 aliphatic heterocycles. The average molecular weight is 243 g/mol. The molecule has 3 rings (SSSR count). The normalized spacial score (nSPS) is 12.7. The van der Waals surface area contributed by atoms with E-state index in [1.54, 1.807) is 0 Å². The fourth-order valence-corrected chi connectivity index (χ4v) is 3.09. The molecule has 0 aromatic heterocycles. The summed E-state index contributed by atoms with van der Waals surface area (Å²) in [5.74, 6) is 0.483. The summed E-state index contributed by atoms with van der Waals surface area (Å²) >= 11 is 6.54. The predicted octanol–water partition coefficient (Wildman–Crippen LogP) is 5.03. The number of hydrogen-bond acceptors (Lipinski definition) is 0. The maximum atomic E-state index is 6.54. The third-order valence-corrected chi connectivity index (χ3v) is 4.02. The molecule has 17 heavy (non-hydrogen) atoms. The molecule has 0 unspecified atom stereocenters. The quantitative estimate of drug-likeness (QED) is 0.561. The molecule has 86 valence electrons. The highest BCUT2D eigenvalue weighted by Crippen LogP contribution is 2.42. The van der Waals surface area contributed by atoms with E-state index in [1.165, 1.54) is 27.8 Å². The molecular formula is C16H15Cl. The minimum atomic E-state index is 0.483. The monoisotopic (exact) mass is 242 g/mol. The first-order chi connectivity index (χ1) is 8.18. The van der Waals surface area contributed by atoms with E-state index in [9.17, 15) is 0 Å². The molecule has 0 N–H and O–H groups in total. The Balaban J connectivity index is 2.22. The van der Waals surface area contributed by atoms with Crippen LogP contribution < -0.4 is 0 Å². The van der Waals surface area contributed by atoms with Crippen LogP contribution in [0.1, 0.15) is 36.5 Å². The zero-order valence-corrected chi connectivity index (χ0v) is 10.9. The number of halogens is 1. The van der Waals surface area contributed by atoms with Gasteiger partial charge in [-0.05, 0) is 33.7 Å². The number of hydrogen-bond donors (Lipinski definition) is 0. The molecule has 1 aliphatic carbocycles. The van der Waals surface area contributed by atoms with Crippen molar-refractivity contribution in [2.24, 2.45) is 0 Å². The first kappa shape index (κ1) is 10.9. The van der Waals surface area contributed by atoms with Gasteiger partial charge in [0.05, 0.1) is 0 Å². The molecule has 0 bridgehead atoms. The maximum absolute atomic E-state index is 6.54. The van der Waals surface area contributed by atoms with Crippen LogP contribution in [0.15, 0.2) is 36.4 Å². The molecule has 0 saturated heterocycles. The lowest BCUT2D eigenvalue weighted by Gasteiger charge is -2.12. The molecular weight excluding hydrogens is 228 g/mol. The van der Waals surface area contributed by atoms with Crippen molar-refractivity contribution in [1.29, 1.82) is 0 Å². The van der Waals surface area contributed by atoms with Crippen molar-refractivity contribution in [1.82, 2.24) is 0 Å². The van der Waals surface area contributed by atoms with Crippen LogP contribution in [0.25, 0.3) is 11.1 Å². The smallest absolute Gasteiger partial charge is 0.0482 e. The third kappa shape index (κ3) is 1.59. The Morgan fingerprint density at radius 3 is 2.53 bits per heavy atom. The number of fused-ring (bicyclic) bond motifs is 3. The zero-order chi connectivity index (χ0) is 12.0. The van der Waals surface area contributed by atoms with Crippen LogP contribution in [0, 0.1) is 0 Å². The SMILES string of the molecule is CC(C)c1ccc2c(c1Cl)Cc1ccccc1-2. The van der Waals surface area contributed by atoms with Crippen molar-refractivity contribution in [3.63, 3.8) is 0 Å². The predicted molar refractivity (Wildman–Crippen MR) is 73.8 cm³/mol. The summed E-state index contributed by atoms with van der Waals surface area (Å²) in [5, 5.41) is 0.966. The zero-order valence-electron chi connectivity index (χ0n) is 10.1. The highest BCUT2D eigenvalue weighted by atomic mass is 35.5. The first-order valence-electron chi connectivity index (χ1n) is 6.08. The summed E-state index contributed by atoms with van der Waals surface area (Å²) in [4.78, 5) is 0. The van der Waals surface area contributed by atoms with Gasteiger partial charge in [-0.25, -0.2) is 0 Å². The maximum Gasteiger partial charge on any atom is 0.0482 e. The van der Waals surface area contributed by atoms with Gasteiger partial charge in [0, 0.05) is 11.4 Å². The molecule has 0 spiro atoms. The van der Waals surface area contributed by atoms with Crippen molar-refractivity contribution in [2.75, 3.05) is 0 Å². The first-order valence-corrected chi connectivity index (χ1v) is 6.46. The Kier molecular flexibility index (Phi) is 2.48. The summed E-state index contributed by atoms with van der Waals surface area (Å²) in [6.45, 7) is 4.38. The Morgan fingerprint density at radius 1 is 1.00 bits per heavy atom. The summed E-state index contributed by atoms with van der Waals surface area (Å²) in [6.07, 6.45) is 0.977. The van der Waals surface area contributed by atoms with Crippen LogP contribution in [-0.4, -0.2) is 0 Å². The van der Waals surface area contributed by atoms with Crippen molar-refractivity contribution < 1.29 is 0 Å². The van der Waals surface area contributed by atoms with Crippen LogP contribution in [-0.2, 0) is 6.42 Å². The van der Waals surface area contributed by atoms with E-state index < -0.39 is 0 Å². The Morgan fingerprint density at radius 2 is 1.76 bits per heavy atom. The molecule has 1 aliphatic rings. The van der Waals surface area contributed by atoms with Crippen LogP contribution in [0.4, 0.5) is 0 Å². The van der Waals surface area contributed by atoms with Crippen LogP contribution in [0.3, 0.4) is 0 Å². The summed E-state index contributed by atoms with van der Waals surface area (Å²) < 4.78 is 0. The van der Waals surface area contributed by atoms with Gasteiger partial charge in [0.15, 0.2) is 0 Å². The van der Waals surface area contributed by atoms with Crippen molar-refractivity contribution in [3.8, 4) is 11.1 Å². The molecule has 0 fully saturated rings. The molecule has 0 nitrogen and oxygen atoms in total. The van der Waals surface area contributed by atoms with Crippen LogP contribution in [0.5, 0.6) is 0 Å². The van der Waals surface area contributed by atoms with E-state index >= 15 is 0 Å². The Hall–Kier alpha value is -1.27. The van der Waals surface area contributed by atoms with E-state index in [1.807, 2.05) is 0 Å². The minimum Gasteiger partial charge on any atom is -0.0837 e. The van der Waals surface area contributed by atoms with Gasteiger partial charge in [-0.3, -0.25) is 0 Å². The van der Waals surface area contributed by atoms with E-state index in [-0.39, 0.29) is 0 Å². The molecule has 0 radical (unpaired) electrons. The van der Waals surface area contributed by atoms with E-state index in [4.69, 9.17) is 11.6 Å². The lowest BCUT2D eigenvalue weighted by Crippen LogP contribution is -1.93. The molecule has 2 aromatic carbocycles. The molecule has 2 aromatic rings. The van der Waals surface area contributed by atoms with Crippen molar-refractivity contribution in [3.05, 3.63) is 58.1 Å². The van der Waals surface area contributed by atoms with Crippen molar-refractivity contribution >= 4 is 11.6 Å². The van der Waals surface area contributed by atoms with Gasteiger partial charge in [-0.1, -0.05) is 61.8 Å². The van der Waals surface area contributed by atoms with Gasteiger partial charge in [-0.15, -0.1) is 0 Å². The highest BCUT2D eigenvalue weighted by Gasteiger charge is 2.22. The van der Waals surface area contributed by atoms with Gasteiger partial charge in [0.1, 0.15) is 0 Å². The Labute approximate surface area is 107 Å². The van der Waals surface area contributed by atoms with E-state index in [0.29, 0.717) is 5.92 Å². The fraction of sp³-hybridized carbons (Fsp3) is 0.250. The van der Waals surface area contributed by atoms with E-state index in [0.717, 1.165) is 11.4 Å². The van der Waals surface area contributed by atoms with Gasteiger partial charge < -0.3 is 0 Å². The molecule has 0 heterocycles. The van der Waals surface area contributed by atoms with Crippen molar-refractivity contribution in [2.45, 2.75) is 26.2 Å². The van der Waals surface area contributed by atoms with Gasteiger partial charge in [0.2, 0.25) is 0 Å². The molecule has 0 saturated carbocycles. The third-order valence-electron chi connectivity index (χ3n) is 3.57. The largest absolute Gasteiger partial charge is 0.0837 e. The second kappa shape index (κ2) is 3.89. The van der Waals surface area contributed by atoms with Crippen LogP contribution in [0.2, 0.25) is 5.02 Å². The number of benzene rings is 2. The van der Waals surface area contributed by atoms with Gasteiger partial charge in [0.25, 0.3) is 0 Å². The molecule has 1 heteroatoms. The van der Waals surface area contributed by atoms with Gasteiger partial charge in [-0.2, -0.15) is 0 Å². The fourth-order valence-electron chi connectivity index (χ4n) is 2.64. The second-order valence-corrected chi connectivity index (χ2v) is 5.36. The van der Waals surface area contributed by atoms with Crippen LogP contribution >= 0.6 is 11.6 Å². The summed E-state index contributed by atoms with van der Waals surface area (Å²) in [7, 11) is 0. The highest BCUT2D eigenvalue weighted by molar-refractivity contribution is 6.32. The molecule has 0 atom stereocenters. The lowest BCUT2D eigenvalue weighted by atomic mass is 9.97. The summed E-state index contributed by atoms with van der Waals surface area (Å²) in [6, 6.07) is 13.0.